The highest BCUT2D eigenvalue weighted by Gasteiger charge is 2.10. The van der Waals surface area contributed by atoms with E-state index in [2.05, 4.69) is 10.3 Å². The number of rotatable bonds is 4. The van der Waals surface area contributed by atoms with Gasteiger partial charge in [0.15, 0.2) is 0 Å². The molecule has 0 fully saturated rings. The van der Waals surface area contributed by atoms with Crippen LogP contribution in [0.4, 0.5) is 5.82 Å². The van der Waals surface area contributed by atoms with Gasteiger partial charge in [0, 0.05) is 22.8 Å². The van der Waals surface area contributed by atoms with Crippen LogP contribution in [0.15, 0.2) is 36.4 Å². The van der Waals surface area contributed by atoms with Crippen molar-refractivity contribution in [3.05, 3.63) is 58.2 Å². The van der Waals surface area contributed by atoms with Crippen LogP contribution in [-0.2, 0) is 6.54 Å². The summed E-state index contributed by atoms with van der Waals surface area (Å²) in [5, 5.41) is 3.54. The Morgan fingerprint density at radius 2 is 1.95 bits per heavy atom. The molecular formula is C16H18ClN3O. The van der Waals surface area contributed by atoms with Crippen LogP contribution in [0, 0.1) is 0 Å². The molecular weight excluding hydrogens is 286 g/mol. The Hall–Kier alpha value is -2.07. The molecule has 1 aromatic carbocycles. The third kappa shape index (κ3) is 4.20. The van der Waals surface area contributed by atoms with Crippen molar-refractivity contribution >= 4 is 23.3 Å². The standard InChI is InChI=1S/C16H18ClN3O/c1-10(2)14-7-12(8-15(18)20-14)16(21)19-9-11-3-5-13(17)6-4-11/h3-8,10H,9H2,1-2H3,(H2,18,20)(H,19,21). The number of carbonyl (C=O) groups is 1. The molecule has 0 bridgehead atoms. The summed E-state index contributed by atoms with van der Waals surface area (Å²) in [4.78, 5) is 16.4. The van der Waals surface area contributed by atoms with E-state index in [0.29, 0.717) is 22.9 Å². The number of nitrogens with one attached hydrogen (secondary N) is 1. The summed E-state index contributed by atoms with van der Waals surface area (Å²) >= 11 is 5.83. The lowest BCUT2D eigenvalue weighted by atomic mass is 10.1. The minimum atomic E-state index is -0.166. The number of benzene rings is 1. The van der Waals surface area contributed by atoms with E-state index in [9.17, 15) is 4.79 Å². The van der Waals surface area contributed by atoms with Crippen LogP contribution in [0.1, 0.15) is 41.4 Å². The van der Waals surface area contributed by atoms with Crippen LogP contribution < -0.4 is 11.1 Å². The number of hydrogen-bond donors (Lipinski definition) is 2. The Morgan fingerprint density at radius 1 is 1.29 bits per heavy atom. The first-order chi connectivity index (χ1) is 9.95. The largest absolute Gasteiger partial charge is 0.384 e. The summed E-state index contributed by atoms with van der Waals surface area (Å²) in [5.74, 6) is 0.412. The second-order valence-corrected chi connectivity index (χ2v) is 5.61. The van der Waals surface area contributed by atoms with Gasteiger partial charge in [0.2, 0.25) is 0 Å². The second kappa shape index (κ2) is 6.59. The summed E-state index contributed by atoms with van der Waals surface area (Å²) in [5.41, 5.74) is 8.08. The maximum Gasteiger partial charge on any atom is 0.251 e. The minimum absolute atomic E-state index is 0.166. The van der Waals surface area contributed by atoms with Gasteiger partial charge in [-0.2, -0.15) is 0 Å². The van der Waals surface area contributed by atoms with Crippen LogP contribution in [0.2, 0.25) is 5.02 Å². The van der Waals surface area contributed by atoms with Crippen molar-refractivity contribution in [3.8, 4) is 0 Å². The van der Waals surface area contributed by atoms with Crippen LogP contribution in [-0.4, -0.2) is 10.9 Å². The SMILES string of the molecule is CC(C)c1cc(C(=O)NCc2ccc(Cl)cc2)cc(N)n1. The van der Waals surface area contributed by atoms with Crippen molar-refractivity contribution in [3.63, 3.8) is 0 Å². The molecule has 0 aliphatic heterocycles. The minimum Gasteiger partial charge on any atom is -0.384 e. The smallest absolute Gasteiger partial charge is 0.251 e. The van der Waals surface area contributed by atoms with E-state index in [1.807, 2.05) is 26.0 Å². The maximum absolute atomic E-state index is 12.2. The Bertz CT molecular complexity index is 638. The van der Waals surface area contributed by atoms with Crippen LogP contribution in [0.25, 0.3) is 0 Å². The van der Waals surface area contributed by atoms with Crippen molar-refractivity contribution < 1.29 is 4.79 Å². The lowest BCUT2D eigenvalue weighted by Gasteiger charge is -2.10. The molecule has 2 rings (SSSR count). The van der Waals surface area contributed by atoms with Crippen molar-refractivity contribution in [2.24, 2.45) is 0 Å². The number of carbonyl (C=O) groups excluding carboxylic acids is 1. The number of pyridine rings is 1. The molecule has 3 N–H and O–H groups in total. The summed E-state index contributed by atoms with van der Waals surface area (Å²) < 4.78 is 0. The molecule has 0 aliphatic rings. The molecule has 0 saturated heterocycles. The monoisotopic (exact) mass is 303 g/mol. The molecule has 1 amide bonds. The van der Waals surface area contributed by atoms with Gasteiger partial charge in [0.05, 0.1) is 0 Å². The fourth-order valence-corrected chi connectivity index (χ4v) is 2.01. The van der Waals surface area contributed by atoms with Gasteiger partial charge in [0.25, 0.3) is 5.91 Å². The summed E-state index contributed by atoms with van der Waals surface area (Å²) in [6.45, 7) is 4.46. The molecule has 21 heavy (non-hydrogen) atoms. The maximum atomic E-state index is 12.2. The molecule has 0 spiro atoms. The molecule has 5 heteroatoms. The predicted molar refractivity (Wildman–Crippen MR) is 85.4 cm³/mol. The summed E-state index contributed by atoms with van der Waals surface area (Å²) in [6, 6.07) is 10.7. The number of amides is 1. The fraction of sp³-hybridized carbons (Fsp3) is 0.250. The lowest BCUT2D eigenvalue weighted by molar-refractivity contribution is 0.0950. The number of nitrogens with zero attached hydrogens (tertiary/aromatic N) is 1. The molecule has 0 atom stereocenters. The summed E-state index contributed by atoms with van der Waals surface area (Å²) in [7, 11) is 0. The Morgan fingerprint density at radius 3 is 2.57 bits per heavy atom. The van der Waals surface area contributed by atoms with Crippen LogP contribution in [0.5, 0.6) is 0 Å². The number of nitrogen functional groups attached to an aromatic ring is 1. The zero-order valence-electron chi connectivity index (χ0n) is 12.1. The third-order valence-corrected chi connectivity index (χ3v) is 3.34. The Kier molecular flexibility index (Phi) is 4.81. The van der Waals surface area contributed by atoms with Crippen molar-refractivity contribution in [1.29, 1.82) is 0 Å². The van der Waals surface area contributed by atoms with Gasteiger partial charge in [-0.15, -0.1) is 0 Å². The average molecular weight is 304 g/mol. The Labute approximate surface area is 129 Å². The number of anilines is 1. The first kappa shape index (κ1) is 15.3. The molecule has 0 aliphatic carbocycles. The van der Waals surface area contributed by atoms with Gasteiger partial charge in [-0.3, -0.25) is 4.79 Å². The zero-order valence-corrected chi connectivity index (χ0v) is 12.8. The topological polar surface area (TPSA) is 68.0 Å². The highest BCUT2D eigenvalue weighted by Crippen LogP contribution is 2.16. The molecule has 0 unspecified atom stereocenters. The molecule has 0 radical (unpaired) electrons. The van der Waals surface area contributed by atoms with Gasteiger partial charge < -0.3 is 11.1 Å². The number of hydrogen-bond acceptors (Lipinski definition) is 3. The molecule has 0 saturated carbocycles. The quantitative estimate of drug-likeness (QED) is 0.910. The number of halogens is 1. The normalized spacial score (nSPS) is 10.7. The summed E-state index contributed by atoms with van der Waals surface area (Å²) in [6.07, 6.45) is 0. The van der Waals surface area contributed by atoms with Gasteiger partial charge in [-0.25, -0.2) is 4.98 Å². The van der Waals surface area contributed by atoms with E-state index in [0.717, 1.165) is 11.3 Å². The van der Waals surface area contributed by atoms with E-state index >= 15 is 0 Å². The van der Waals surface area contributed by atoms with Gasteiger partial charge in [-0.1, -0.05) is 37.6 Å². The molecule has 4 nitrogen and oxygen atoms in total. The third-order valence-electron chi connectivity index (χ3n) is 3.09. The van der Waals surface area contributed by atoms with Gasteiger partial charge in [0.1, 0.15) is 5.82 Å². The molecule has 1 heterocycles. The van der Waals surface area contributed by atoms with E-state index < -0.39 is 0 Å². The molecule has 110 valence electrons. The molecule has 1 aromatic heterocycles. The van der Waals surface area contributed by atoms with Crippen LogP contribution >= 0.6 is 11.6 Å². The highest BCUT2D eigenvalue weighted by molar-refractivity contribution is 6.30. The number of aromatic nitrogens is 1. The van der Waals surface area contributed by atoms with E-state index in [1.165, 1.54) is 0 Å². The van der Waals surface area contributed by atoms with E-state index in [-0.39, 0.29) is 11.8 Å². The van der Waals surface area contributed by atoms with Gasteiger partial charge in [-0.05, 0) is 35.7 Å². The Balaban J connectivity index is 2.08. The second-order valence-electron chi connectivity index (χ2n) is 5.17. The highest BCUT2D eigenvalue weighted by atomic mass is 35.5. The first-order valence-electron chi connectivity index (χ1n) is 6.76. The molecule has 2 aromatic rings. The van der Waals surface area contributed by atoms with E-state index in [1.54, 1.807) is 24.3 Å². The zero-order chi connectivity index (χ0) is 15.4. The lowest BCUT2D eigenvalue weighted by Crippen LogP contribution is -2.23. The first-order valence-corrected chi connectivity index (χ1v) is 7.13. The van der Waals surface area contributed by atoms with Crippen molar-refractivity contribution in [2.45, 2.75) is 26.3 Å². The predicted octanol–water partition coefficient (Wildman–Crippen LogP) is 3.37. The average Bonchev–Trinajstić information content (AvgIpc) is 2.45. The fourth-order valence-electron chi connectivity index (χ4n) is 1.89. The van der Waals surface area contributed by atoms with Crippen LogP contribution in [0.3, 0.4) is 0 Å². The van der Waals surface area contributed by atoms with Crippen molar-refractivity contribution in [1.82, 2.24) is 10.3 Å². The van der Waals surface area contributed by atoms with E-state index in [4.69, 9.17) is 17.3 Å². The number of nitrogens with two attached hydrogens (primary N) is 1. The van der Waals surface area contributed by atoms with Crippen molar-refractivity contribution in [2.75, 3.05) is 5.73 Å². The van der Waals surface area contributed by atoms with Gasteiger partial charge >= 0.3 is 0 Å².